The van der Waals surface area contributed by atoms with Crippen LogP contribution in [0.3, 0.4) is 0 Å². The average Bonchev–Trinajstić information content (AvgIpc) is 2.54. The van der Waals surface area contributed by atoms with E-state index in [1.165, 1.54) is 6.08 Å². The Kier molecular flexibility index (Phi) is 6.14. The molecule has 0 atom stereocenters. The molecular weight excluding hydrogens is 332 g/mol. The standard InChI is InChI=1S/C17H15ClN2O2S/c1-22-15-4-2-3-14(11-15)19-17(23)20-16(21)10-7-12-5-8-13(18)9-6-12/h2-11H,1H3,(H2,19,20,21,23)/b10-7+. The molecule has 2 N–H and O–H groups in total. The van der Waals surface area contributed by atoms with Gasteiger partial charge in [0.05, 0.1) is 7.11 Å². The van der Waals surface area contributed by atoms with E-state index < -0.39 is 0 Å². The lowest BCUT2D eigenvalue weighted by Crippen LogP contribution is -2.32. The van der Waals surface area contributed by atoms with Crippen LogP contribution in [0.5, 0.6) is 5.75 Å². The third-order valence-electron chi connectivity index (χ3n) is 2.86. The lowest BCUT2D eigenvalue weighted by atomic mass is 10.2. The highest BCUT2D eigenvalue weighted by molar-refractivity contribution is 7.80. The second-order valence-electron chi connectivity index (χ2n) is 4.56. The van der Waals surface area contributed by atoms with Gasteiger partial charge in [0, 0.05) is 22.9 Å². The number of hydrogen-bond donors (Lipinski definition) is 2. The van der Waals surface area contributed by atoms with Gasteiger partial charge >= 0.3 is 0 Å². The number of benzene rings is 2. The summed E-state index contributed by atoms with van der Waals surface area (Å²) in [5.41, 5.74) is 1.60. The molecule has 2 rings (SSSR count). The third kappa shape index (κ3) is 5.73. The molecule has 6 heteroatoms. The van der Waals surface area contributed by atoms with Crippen molar-refractivity contribution in [1.29, 1.82) is 0 Å². The third-order valence-corrected chi connectivity index (χ3v) is 3.32. The van der Waals surface area contributed by atoms with Gasteiger partial charge in [-0.05, 0) is 48.1 Å². The summed E-state index contributed by atoms with van der Waals surface area (Å²) < 4.78 is 5.12. The van der Waals surface area contributed by atoms with Gasteiger partial charge in [0.25, 0.3) is 0 Å². The van der Waals surface area contributed by atoms with Gasteiger partial charge in [-0.25, -0.2) is 0 Å². The molecule has 0 saturated heterocycles. The molecule has 0 saturated carbocycles. The number of ether oxygens (including phenoxy) is 1. The van der Waals surface area contributed by atoms with Gasteiger partial charge in [-0.1, -0.05) is 29.8 Å². The van der Waals surface area contributed by atoms with Crippen molar-refractivity contribution in [2.24, 2.45) is 0 Å². The number of halogens is 1. The van der Waals surface area contributed by atoms with E-state index in [9.17, 15) is 4.79 Å². The van der Waals surface area contributed by atoms with Crippen LogP contribution in [-0.4, -0.2) is 18.1 Å². The number of methoxy groups -OCH3 is 1. The van der Waals surface area contributed by atoms with Crippen LogP contribution in [0.4, 0.5) is 5.69 Å². The van der Waals surface area contributed by atoms with E-state index in [0.717, 1.165) is 11.3 Å². The van der Waals surface area contributed by atoms with E-state index in [4.69, 9.17) is 28.6 Å². The van der Waals surface area contributed by atoms with Gasteiger partial charge in [-0.15, -0.1) is 0 Å². The molecule has 0 aliphatic carbocycles. The maximum absolute atomic E-state index is 11.8. The number of rotatable bonds is 4. The minimum absolute atomic E-state index is 0.212. The Morgan fingerprint density at radius 1 is 1.22 bits per heavy atom. The highest BCUT2D eigenvalue weighted by Gasteiger charge is 2.02. The first-order valence-electron chi connectivity index (χ1n) is 6.76. The van der Waals surface area contributed by atoms with Crippen LogP contribution < -0.4 is 15.4 Å². The number of anilines is 1. The largest absolute Gasteiger partial charge is 0.497 e. The van der Waals surface area contributed by atoms with E-state index in [1.54, 1.807) is 31.4 Å². The molecule has 0 aromatic heterocycles. The maximum Gasteiger partial charge on any atom is 0.250 e. The molecule has 0 aliphatic rings. The van der Waals surface area contributed by atoms with E-state index in [1.807, 2.05) is 30.3 Å². The predicted molar refractivity (Wildman–Crippen MR) is 97.8 cm³/mol. The van der Waals surface area contributed by atoms with Gasteiger partial charge in [0.15, 0.2) is 5.11 Å². The highest BCUT2D eigenvalue weighted by Crippen LogP contribution is 2.16. The topological polar surface area (TPSA) is 50.4 Å². The van der Waals surface area contributed by atoms with Gasteiger partial charge in [-0.3, -0.25) is 10.1 Å². The predicted octanol–water partition coefficient (Wildman–Crippen LogP) is 3.88. The van der Waals surface area contributed by atoms with Crippen molar-refractivity contribution in [3.63, 3.8) is 0 Å². The fourth-order valence-electron chi connectivity index (χ4n) is 1.76. The number of nitrogens with one attached hydrogen (secondary N) is 2. The molecular formula is C17H15ClN2O2S. The number of amides is 1. The van der Waals surface area contributed by atoms with E-state index in [2.05, 4.69) is 10.6 Å². The molecule has 23 heavy (non-hydrogen) atoms. The molecule has 0 spiro atoms. The quantitative estimate of drug-likeness (QED) is 0.651. The number of thiocarbonyl (C=S) groups is 1. The van der Waals surface area contributed by atoms with Crippen LogP contribution in [0.15, 0.2) is 54.6 Å². The molecule has 0 fully saturated rings. The molecule has 2 aromatic rings. The summed E-state index contributed by atoms with van der Waals surface area (Å²) in [6.45, 7) is 0. The van der Waals surface area contributed by atoms with Crippen molar-refractivity contribution in [1.82, 2.24) is 5.32 Å². The van der Waals surface area contributed by atoms with Crippen LogP contribution in [0, 0.1) is 0 Å². The maximum atomic E-state index is 11.8. The van der Waals surface area contributed by atoms with Crippen molar-refractivity contribution in [2.75, 3.05) is 12.4 Å². The zero-order valence-corrected chi connectivity index (χ0v) is 13.9. The minimum Gasteiger partial charge on any atom is -0.497 e. The highest BCUT2D eigenvalue weighted by atomic mass is 35.5. The van der Waals surface area contributed by atoms with Crippen molar-refractivity contribution in [3.8, 4) is 5.75 Å². The molecule has 0 heterocycles. The van der Waals surface area contributed by atoms with Crippen molar-refractivity contribution >= 4 is 46.6 Å². The SMILES string of the molecule is COc1cccc(NC(=S)NC(=O)/C=C/c2ccc(Cl)cc2)c1. The second kappa shape index (κ2) is 8.31. The van der Waals surface area contributed by atoms with Crippen molar-refractivity contribution < 1.29 is 9.53 Å². The average molecular weight is 347 g/mol. The van der Waals surface area contributed by atoms with Crippen molar-refractivity contribution in [3.05, 3.63) is 65.2 Å². The Labute approximate surface area is 145 Å². The Bertz CT molecular complexity index is 730. The van der Waals surface area contributed by atoms with E-state index in [-0.39, 0.29) is 11.0 Å². The Hall–Kier alpha value is -2.37. The van der Waals surface area contributed by atoms with Gasteiger partial charge in [0.1, 0.15) is 5.75 Å². The number of carbonyl (C=O) groups is 1. The summed E-state index contributed by atoms with van der Waals surface area (Å²) in [5, 5.41) is 6.36. The van der Waals surface area contributed by atoms with Crippen molar-refractivity contribution in [2.45, 2.75) is 0 Å². The van der Waals surface area contributed by atoms with E-state index in [0.29, 0.717) is 10.8 Å². The number of hydrogen-bond acceptors (Lipinski definition) is 3. The first-order chi connectivity index (χ1) is 11.1. The van der Waals surface area contributed by atoms with Gasteiger partial charge in [0.2, 0.25) is 5.91 Å². The first-order valence-corrected chi connectivity index (χ1v) is 7.55. The molecule has 0 bridgehead atoms. The molecule has 1 amide bonds. The van der Waals surface area contributed by atoms with Crippen LogP contribution in [0.25, 0.3) is 6.08 Å². The summed E-state index contributed by atoms with van der Waals surface area (Å²) in [6.07, 6.45) is 3.09. The molecule has 0 aliphatic heterocycles. The first kappa shape index (κ1) is 17.0. The summed E-state index contributed by atoms with van der Waals surface area (Å²) in [4.78, 5) is 11.8. The summed E-state index contributed by atoms with van der Waals surface area (Å²) in [7, 11) is 1.58. The van der Waals surface area contributed by atoms with Gasteiger partial charge in [-0.2, -0.15) is 0 Å². The summed E-state index contributed by atoms with van der Waals surface area (Å²) in [5.74, 6) is 0.382. The number of carbonyl (C=O) groups excluding carboxylic acids is 1. The lowest BCUT2D eigenvalue weighted by Gasteiger charge is -2.09. The van der Waals surface area contributed by atoms with Crippen LogP contribution in [0.1, 0.15) is 5.56 Å². The molecule has 2 aromatic carbocycles. The van der Waals surface area contributed by atoms with Crippen LogP contribution in [-0.2, 0) is 4.79 Å². The fourth-order valence-corrected chi connectivity index (χ4v) is 2.11. The Morgan fingerprint density at radius 2 is 1.96 bits per heavy atom. The molecule has 118 valence electrons. The molecule has 0 radical (unpaired) electrons. The second-order valence-corrected chi connectivity index (χ2v) is 5.40. The van der Waals surface area contributed by atoms with Gasteiger partial charge < -0.3 is 10.1 Å². The zero-order valence-electron chi connectivity index (χ0n) is 12.4. The fraction of sp³-hybridized carbons (Fsp3) is 0.0588. The zero-order chi connectivity index (χ0) is 16.7. The van der Waals surface area contributed by atoms with Crippen LogP contribution >= 0.6 is 23.8 Å². The van der Waals surface area contributed by atoms with E-state index >= 15 is 0 Å². The monoisotopic (exact) mass is 346 g/mol. The molecule has 4 nitrogen and oxygen atoms in total. The summed E-state index contributed by atoms with van der Waals surface area (Å²) >= 11 is 10.9. The Balaban J connectivity index is 1.89. The molecule has 0 unspecified atom stereocenters. The lowest BCUT2D eigenvalue weighted by molar-refractivity contribution is -0.115. The Morgan fingerprint density at radius 3 is 2.65 bits per heavy atom. The summed E-state index contributed by atoms with van der Waals surface area (Å²) in [6, 6.07) is 14.4. The van der Waals surface area contributed by atoms with Crippen LogP contribution in [0.2, 0.25) is 5.02 Å². The normalized spacial score (nSPS) is 10.3. The minimum atomic E-state index is -0.319. The smallest absolute Gasteiger partial charge is 0.250 e.